The van der Waals surface area contributed by atoms with Gasteiger partial charge in [0, 0.05) is 23.3 Å². The quantitative estimate of drug-likeness (QED) is 0.224. The zero-order chi connectivity index (χ0) is 25.1. The highest BCUT2D eigenvalue weighted by molar-refractivity contribution is 6.21. The average Bonchev–Trinajstić information content (AvgIpc) is 3.57. The monoisotopic (exact) mass is 487 g/mol. The van der Waals surface area contributed by atoms with Crippen molar-refractivity contribution in [2.75, 3.05) is 4.90 Å². The Labute approximate surface area is 224 Å². The van der Waals surface area contributed by atoms with Gasteiger partial charge in [-0.1, -0.05) is 110 Å². The number of nitrogens with zero attached hydrogens (tertiary/aromatic N) is 1. The number of rotatable bonds is 3. The van der Waals surface area contributed by atoms with Gasteiger partial charge in [-0.2, -0.15) is 0 Å². The summed E-state index contributed by atoms with van der Waals surface area (Å²) >= 11 is 0. The Bertz CT molecular complexity index is 1750. The Balaban J connectivity index is 1.39. The molecule has 1 aliphatic carbocycles. The van der Waals surface area contributed by atoms with Crippen LogP contribution in [0.5, 0.6) is 0 Å². The van der Waals surface area contributed by atoms with E-state index in [0.717, 1.165) is 0 Å². The van der Waals surface area contributed by atoms with Crippen LogP contribution in [0, 0.1) is 0 Å². The largest absolute Gasteiger partial charge is 0.338 e. The Kier molecular flexibility index (Phi) is 4.91. The van der Waals surface area contributed by atoms with Gasteiger partial charge in [0.05, 0.1) is 0 Å². The first-order valence-electron chi connectivity index (χ1n) is 13.9. The molecule has 1 fully saturated rings. The molecule has 0 bridgehead atoms. The predicted molar refractivity (Wildman–Crippen MR) is 161 cm³/mol. The van der Waals surface area contributed by atoms with Gasteiger partial charge in [-0.3, -0.25) is 0 Å². The van der Waals surface area contributed by atoms with Crippen LogP contribution >= 0.6 is 0 Å². The molecule has 2 unspecified atom stereocenters. The lowest BCUT2D eigenvalue weighted by Crippen LogP contribution is -2.26. The number of benzene rings is 6. The summed E-state index contributed by atoms with van der Waals surface area (Å²) in [5.41, 5.74) is 9.51. The number of anilines is 2. The average molecular weight is 488 g/mol. The van der Waals surface area contributed by atoms with Crippen molar-refractivity contribution in [3.63, 3.8) is 0 Å². The molecule has 38 heavy (non-hydrogen) atoms. The molecule has 0 radical (unpaired) electrons. The molecule has 0 N–H and O–H groups in total. The van der Waals surface area contributed by atoms with Gasteiger partial charge in [-0.15, -0.1) is 0 Å². The maximum atomic E-state index is 2.62. The zero-order valence-electron chi connectivity index (χ0n) is 21.3. The molecule has 0 spiro atoms. The lowest BCUT2D eigenvalue weighted by Gasteiger charge is -2.27. The van der Waals surface area contributed by atoms with Crippen molar-refractivity contribution in [1.82, 2.24) is 0 Å². The van der Waals surface area contributed by atoms with Crippen LogP contribution in [0.1, 0.15) is 30.7 Å². The first-order valence-corrected chi connectivity index (χ1v) is 13.9. The SMILES string of the molecule is c1ccc(-c2c3ccccc3c(-c3ccc4c(c3)C3CCCC3N4c3ccccc3)c3ccccc23)cc1. The smallest absolute Gasteiger partial charge is 0.0450 e. The van der Waals surface area contributed by atoms with Gasteiger partial charge in [0.1, 0.15) is 0 Å². The van der Waals surface area contributed by atoms with E-state index in [4.69, 9.17) is 0 Å². The van der Waals surface area contributed by atoms with Gasteiger partial charge in [0.25, 0.3) is 0 Å². The molecule has 0 saturated heterocycles. The van der Waals surface area contributed by atoms with E-state index in [9.17, 15) is 0 Å². The van der Waals surface area contributed by atoms with Crippen molar-refractivity contribution >= 4 is 32.9 Å². The minimum atomic E-state index is 0.566. The zero-order valence-corrected chi connectivity index (χ0v) is 21.3. The van der Waals surface area contributed by atoms with Gasteiger partial charge in [-0.05, 0) is 86.5 Å². The van der Waals surface area contributed by atoms with Gasteiger partial charge < -0.3 is 4.90 Å². The molecular formula is C37H29N. The third kappa shape index (κ3) is 3.18. The van der Waals surface area contributed by atoms with Crippen LogP contribution in [0.15, 0.2) is 127 Å². The summed E-state index contributed by atoms with van der Waals surface area (Å²) in [7, 11) is 0. The summed E-state index contributed by atoms with van der Waals surface area (Å²) in [6.07, 6.45) is 3.85. The molecule has 6 aromatic carbocycles. The molecule has 1 nitrogen and oxygen atoms in total. The minimum absolute atomic E-state index is 0.566. The van der Waals surface area contributed by atoms with Gasteiger partial charge in [-0.25, -0.2) is 0 Å². The summed E-state index contributed by atoms with van der Waals surface area (Å²) in [5, 5.41) is 5.28. The summed E-state index contributed by atoms with van der Waals surface area (Å²) in [4.78, 5) is 2.62. The van der Waals surface area contributed by atoms with Crippen molar-refractivity contribution in [3.05, 3.63) is 133 Å². The molecule has 1 saturated carbocycles. The van der Waals surface area contributed by atoms with E-state index in [2.05, 4.69) is 132 Å². The molecule has 2 atom stereocenters. The molecule has 8 rings (SSSR count). The molecule has 1 heteroatoms. The maximum absolute atomic E-state index is 2.62. The molecule has 0 aromatic heterocycles. The molecule has 1 heterocycles. The molecule has 0 amide bonds. The highest BCUT2D eigenvalue weighted by Gasteiger charge is 2.42. The van der Waals surface area contributed by atoms with Crippen molar-refractivity contribution in [2.45, 2.75) is 31.2 Å². The Morgan fingerprint density at radius 3 is 1.68 bits per heavy atom. The second kappa shape index (κ2) is 8.60. The summed E-state index contributed by atoms with van der Waals surface area (Å²) in [6, 6.07) is 47.6. The summed E-state index contributed by atoms with van der Waals surface area (Å²) in [6.45, 7) is 0. The fourth-order valence-corrected chi connectivity index (χ4v) is 7.29. The van der Waals surface area contributed by atoms with E-state index >= 15 is 0 Å². The Morgan fingerprint density at radius 1 is 0.500 bits per heavy atom. The van der Waals surface area contributed by atoms with Crippen LogP contribution in [0.25, 0.3) is 43.8 Å². The number of para-hydroxylation sites is 1. The summed E-state index contributed by atoms with van der Waals surface area (Å²) < 4.78 is 0. The van der Waals surface area contributed by atoms with E-state index in [1.165, 1.54) is 80.0 Å². The first-order chi connectivity index (χ1) is 18.9. The minimum Gasteiger partial charge on any atom is -0.338 e. The third-order valence-electron chi connectivity index (χ3n) is 8.81. The normalized spacial score (nSPS) is 18.2. The Hall–Kier alpha value is -4.36. The lowest BCUT2D eigenvalue weighted by molar-refractivity contribution is 0.642. The molecular weight excluding hydrogens is 458 g/mol. The third-order valence-corrected chi connectivity index (χ3v) is 8.81. The topological polar surface area (TPSA) is 3.24 Å². The van der Waals surface area contributed by atoms with E-state index in [0.29, 0.717) is 12.0 Å². The van der Waals surface area contributed by atoms with Crippen LogP contribution in [0.3, 0.4) is 0 Å². The van der Waals surface area contributed by atoms with E-state index in [-0.39, 0.29) is 0 Å². The predicted octanol–water partition coefficient (Wildman–Crippen LogP) is 10.1. The molecule has 1 aliphatic heterocycles. The van der Waals surface area contributed by atoms with Gasteiger partial charge in [0.2, 0.25) is 0 Å². The van der Waals surface area contributed by atoms with Crippen LogP contribution in [-0.4, -0.2) is 6.04 Å². The summed E-state index contributed by atoms with van der Waals surface area (Å²) in [5.74, 6) is 0.603. The molecule has 182 valence electrons. The lowest BCUT2D eigenvalue weighted by atomic mass is 9.85. The van der Waals surface area contributed by atoms with Crippen LogP contribution in [0.4, 0.5) is 11.4 Å². The van der Waals surface area contributed by atoms with Crippen molar-refractivity contribution < 1.29 is 0 Å². The highest BCUT2D eigenvalue weighted by atomic mass is 15.2. The fraction of sp³-hybridized carbons (Fsp3) is 0.135. The molecule has 2 aliphatic rings. The maximum Gasteiger partial charge on any atom is 0.0450 e. The van der Waals surface area contributed by atoms with E-state index < -0.39 is 0 Å². The van der Waals surface area contributed by atoms with Crippen LogP contribution < -0.4 is 4.90 Å². The fourth-order valence-electron chi connectivity index (χ4n) is 7.29. The van der Waals surface area contributed by atoms with E-state index in [1.54, 1.807) is 0 Å². The van der Waals surface area contributed by atoms with Crippen LogP contribution in [0.2, 0.25) is 0 Å². The van der Waals surface area contributed by atoms with Gasteiger partial charge >= 0.3 is 0 Å². The first kappa shape index (κ1) is 21.7. The standard InChI is InChI=1S/C37H29N/c1-3-12-25(13-4-1)36-29-16-7-9-18-31(29)37(32-19-10-8-17-30(32)36)26-22-23-35-33(24-26)28-20-11-21-34(28)38(35)27-14-5-2-6-15-27/h1-10,12-19,22-24,28,34H,11,20-21H2. The molecule has 6 aromatic rings. The second-order valence-corrected chi connectivity index (χ2v) is 10.8. The number of fused-ring (bicyclic) bond motifs is 5. The van der Waals surface area contributed by atoms with Crippen molar-refractivity contribution in [3.8, 4) is 22.3 Å². The van der Waals surface area contributed by atoms with Crippen molar-refractivity contribution in [1.29, 1.82) is 0 Å². The van der Waals surface area contributed by atoms with Gasteiger partial charge in [0.15, 0.2) is 0 Å². The second-order valence-electron chi connectivity index (χ2n) is 10.8. The highest BCUT2D eigenvalue weighted by Crippen LogP contribution is 2.54. The number of hydrogen-bond acceptors (Lipinski definition) is 1. The van der Waals surface area contributed by atoms with E-state index in [1.807, 2.05) is 0 Å². The number of hydrogen-bond donors (Lipinski definition) is 0. The Morgan fingerprint density at radius 2 is 1.05 bits per heavy atom. The van der Waals surface area contributed by atoms with Crippen LogP contribution in [-0.2, 0) is 0 Å². The van der Waals surface area contributed by atoms with Crippen molar-refractivity contribution in [2.24, 2.45) is 0 Å².